The van der Waals surface area contributed by atoms with Crippen LogP contribution in [0.2, 0.25) is 0 Å². The van der Waals surface area contributed by atoms with Gasteiger partial charge in [0.15, 0.2) is 0 Å². The lowest BCUT2D eigenvalue weighted by atomic mass is 10.2. The van der Waals surface area contributed by atoms with Crippen molar-refractivity contribution in [1.29, 1.82) is 0 Å². The van der Waals surface area contributed by atoms with Crippen LogP contribution in [-0.2, 0) is 19.6 Å². The number of piperazine rings is 1. The van der Waals surface area contributed by atoms with Gasteiger partial charge in [0, 0.05) is 31.9 Å². The summed E-state index contributed by atoms with van der Waals surface area (Å²) in [6, 6.07) is 6.13. The average molecular weight is 340 g/mol. The predicted octanol–water partition coefficient (Wildman–Crippen LogP) is 0.964. The topological polar surface area (TPSA) is 66.9 Å². The van der Waals surface area contributed by atoms with Gasteiger partial charge in [0.1, 0.15) is 5.82 Å². The number of cyclic esters (lactones) is 1. The molecule has 0 radical (unpaired) electrons. The van der Waals surface area contributed by atoms with E-state index in [2.05, 4.69) is 4.74 Å². The number of esters is 1. The molecule has 124 valence electrons. The maximum atomic E-state index is 12.9. The molecule has 0 unspecified atom stereocenters. The Labute approximate surface area is 134 Å². The fraction of sp³-hybridized carbons (Fsp3) is 0.400. The van der Waals surface area contributed by atoms with Crippen molar-refractivity contribution in [1.82, 2.24) is 4.31 Å². The third-order valence-electron chi connectivity index (χ3n) is 4.01. The Balaban J connectivity index is 1.60. The Bertz CT molecular complexity index is 709. The van der Waals surface area contributed by atoms with E-state index in [0.717, 1.165) is 5.69 Å². The molecule has 6 nitrogen and oxygen atoms in total. The third kappa shape index (κ3) is 3.53. The van der Waals surface area contributed by atoms with Crippen molar-refractivity contribution in [2.24, 2.45) is 5.92 Å². The van der Waals surface area contributed by atoms with Crippen LogP contribution >= 0.6 is 0 Å². The maximum absolute atomic E-state index is 12.9. The van der Waals surface area contributed by atoms with E-state index in [1.54, 1.807) is 12.1 Å². The van der Waals surface area contributed by atoms with Crippen molar-refractivity contribution in [2.45, 2.75) is 0 Å². The fourth-order valence-electron chi connectivity index (χ4n) is 2.70. The Morgan fingerprint density at radius 1 is 1.13 bits per heavy atom. The van der Waals surface area contributed by atoms with Gasteiger partial charge in [-0.05, 0) is 30.3 Å². The summed E-state index contributed by atoms with van der Waals surface area (Å²) in [5.41, 5.74) is 0.866. The average Bonchev–Trinajstić information content (AvgIpc) is 2.93. The highest BCUT2D eigenvalue weighted by molar-refractivity contribution is 7.89. The first-order chi connectivity index (χ1) is 11.0. The van der Waals surface area contributed by atoms with Gasteiger partial charge in [-0.1, -0.05) is 0 Å². The zero-order valence-electron chi connectivity index (χ0n) is 12.4. The van der Waals surface area contributed by atoms with Gasteiger partial charge in [-0.2, -0.15) is 4.31 Å². The van der Waals surface area contributed by atoms with E-state index < -0.39 is 21.9 Å². The molecule has 0 aliphatic carbocycles. The quantitative estimate of drug-likeness (QED) is 0.764. The van der Waals surface area contributed by atoms with Crippen LogP contribution in [0.5, 0.6) is 0 Å². The van der Waals surface area contributed by atoms with Gasteiger partial charge in [0.05, 0.1) is 17.9 Å². The second-order valence-corrected chi connectivity index (χ2v) is 7.53. The maximum Gasteiger partial charge on any atom is 0.318 e. The molecule has 1 atom stereocenters. The highest BCUT2D eigenvalue weighted by atomic mass is 32.2. The zero-order chi connectivity index (χ0) is 16.4. The molecule has 1 aromatic carbocycles. The van der Waals surface area contributed by atoms with Crippen LogP contribution in [-0.4, -0.2) is 50.6 Å². The molecule has 0 aromatic heterocycles. The summed E-state index contributed by atoms with van der Waals surface area (Å²) < 4.78 is 43.8. The number of anilines is 1. The molecule has 1 fully saturated rings. The molecular formula is C15H17FN2O4S. The van der Waals surface area contributed by atoms with Gasteiger partial charge in [0.25, 0.3) is 0 Å². The van der Waals surface area contributed by atoms with Crippen LogP contribution < -0.4 is 4.90 Å². The van der Waals surface area contributed by atoms with Crippen molar-refractivity contribution in [3.63, 3.8) is 0 Å². The van der Waals surface area contributed by atoms with E-state index in [4.69, 9.17) is 0 Å². The van der Waals surface area contributed by atoms with Crippen LogP contribution in [0.25, 0.3) is 0 Å². The molecule has 2 aliphatic heterocycles. The zero-order valence-corrected chi connectivity index (χ0v) is 13.2. The van der Waals surface area contributed by atoms with Crippen molar-refractivity contribution in [3.05, 3.63) is 42.4 Å². The first-order valence-electron chi connectivity index (χ1n) is 7.31. The van der Waals surface area contributed by atoms with Crippen LogP contribution in [0.15, 0.2) is 36.6 Å². The molecule has 1 saturated heterocycles. The largest absolute Gasteiger partial charge is 0.434 e. The molecule has 0 amide bonds. The van der Waals surface area contributed by atoms with Crippen molar-refractivity contribution >= 4 is 21.7 Å². The van der Waals surface area contributed by atoms with Crippen molar-refractivity contribution < 1.29 is 22.3 Å². The van der Waals surface area contributed by atoms with E-state index in [-0.39, 0.29) is 11.6 Å². The minimum absolute atomic E-state index is 0.265. The van der Waals surface area contributed by atoms with Gasteiger partial charge in [-0.3, -0.25) is 4.79 Å². The summed E-state index contributed by atoms with van der Waals surface area (Å²) >= 11 is 0. The molecule has 0 spiro atoms. The lowest BCUT2D eigenvalue weighted by Crippen LogP contribution is -2.50. The standard InChI is InChI=1S/C15H17FN2O4S/c16-13-1-3-14(4-2-13)17-6-8-18(9-7-17)23(20,21)11-12-5-10-22-15(12)19/h1-5,10,12H,6-9,11H2/t12-/m0/s1. The summed E-state index contributed by atoms with van der Waals surface area (Å²) in [6.07, 6.45) is 2.70. The summed E-state index contributed by atoms with van der Waals surface area (Å²) in [7, 11) is -3.52. The van der Waals surface area contributed by atoms with Gasteiger partial charge < -0.3 is 9.64 Å². The molecule has 23 heavy (non-hydrogen) atoms. The highest BCUT2D eigenvalue weighted by Crippen LogP contribution is 2.20. The van der Waals surface area contributed by atoms with Crippen molar-refractivity contribution in [2.75, 3.05) is 36.8 Å². The Hall–Kier alpha value is -1.93. The SMILES string of the molecule is O=C1OC=C[C@H]1CS(=O)(=O)N1CCN(c2ccc(F)cc2)CC1. The van der Waals surface area contributed by atoms with Gasteiger partial charge in [0.2, 0.25) is 10.0 Å². The van der Waals surface area contributed by atoms with E-state index in [1.165, 1.54) is 28.8 Å². The minimum Gasteiger partial charge on any atom is -0.434 e. The van der Waals surface area contributed by atoms with E-state index in [1.807, 2.05) is 4.90 Å². The fourth-order valence-corrected chi connectivity index (χ4v) is 4.33. The Kier molecular flexibility index (Phi) is 4.36. The number of benzene rings is 1. The van der Waals surface area contributed by atoms with Crippen LogP contribution in [0.3, 0.4) is 0 Å². The number of sulfonamides is 1. The highest BCUT2D eigenvalue weighted by Gasteiger charge is 2.33. The smallest absolute Gasteiger partial charge is 0.318 e. The van der Waals surface area contributed by atoms with E-state index >= 15 is 0 Å². The number of nitrogens with zero attached hydrogens (tertiary/aromatic N) is 2. The molecule has 0 bridgehead atoms. The summed E-state index contributed by atoms with van der Waals surface area (Å²) in [5, 5.41) is 0. The second kappa shape index (κ2) is 6.29. The summed E-state index contributed by atoms with van der Waals surface area (Å²) in [4.78, 5) is 13.4. The van der Waals surface area contributed by atoms with Crippen LogP contribution in [0.1, 0.15) is 0 Å². The normalized spacial score (nSPS) is 22.4. The molecule has 2 aliphatic rings. The first-order valence-corrected chi connectivity index (χ1v) is 8.92. The first kappa shape index (κ1) is 15.9. The van der Waals surface area contributed by atoms with Crippen LogP contribution in [0.4, 0.5) is 10.1 Å². The van der Waals surface area contributed by atoms with E-state index in [9.17, 15) is 17.6 Å². The number of halogens is 1. The molecule has 0 saturated carbocycles. The Morgan fingerprint density at radius 2 is 1.78 bits per heavy atom. The number of ether oxygens (including phenoxy) is 1. The van der Waals surface area contributed by atoms with Gasteiger partial charge in [-0.25, -0.2) is 12.8 Å². The van der Waals surface area contributed by atoms with Crippen molar-refractivity contribution in [3.8, 4) is 0 Å². The predicted molar refractivity (Wildman–Crippen MR) is 82.7 cm³/mol. The number of hydrogen-bond donors (Lipinski definition) is 0. The van der Waals surface area contributed by atoms with E-state index in [0.29, 0.717) is 26.2 Å². The molecule has 0 N–H and O–H groups in total. The van der Waals surface area contributed by atoms with Gasteiger partial charge in [-0.15, -0.1) is 0 Å². The number of rotatable bonds is 4. The molecule has 1 aromatic rings. The molecule has 8 heteroatoms. The molecule has 2 heterocycles. The monoisotopic (exact) mass is 340 g/mol. The lowest BCUT2D eigenvalue weighted by Gasteiger charge is -2.35. The minimum atomic E-state index is -3.52. The summed E-state index contributed by atoms with van der Waals surface area (Å²) in [6.45, 7) is 1.72. The third-order valence-corrected chi connectivity index (χ3v) is 5.94. The summed E-state index contributed by atoms with van der Waals surface area (Å²) in [5.74, 6) is -1.82. The van der Waals surface area contributed by atoms with Gasteiger partial charge >= 0.3 is 5.97 Å². The van der Waals surface area contributed by atoms with Crippen LogP contribution in [0, 0.1) is 11.7 Å². The number of carbonyl (C=O) groups is 1. The number of carbonyl (C=O) groups excluding carboxylic acids is 1. The second-order valence-electron chi connectivity index (χ2n) is 5.51. The molecule has 3 rings (SSSR count). The lowest BCUT2D eigenvalue weighted by molar-refractivity contribution is -0.138. The Morgan fingerprint density at radius 3 is 2.35 bits per heavy atom. The number of hydrogen-bond acceptors (Lipinski definition) is 5. The molecular weight excluding hydrogens is 323 g/mol.